The van der Waals surface area contributed by atoms with Crippen molar-refractivity contribution in [2.75, 3.05) is 43.5 Å². The lowest BCUT2D eigenvalue weighted by molar-refractivity contribution is -0.922. The number of carbonyl (C=O) groups is 1. The van der Waals surface area contributed by atoms with E-state index in [4.69, 9.17) is 4.74 Å². The zero-order valence-corrected chi connectivity index (χ0v) is 17.6. The number of rotatable bonds is 6. The fourth-order valence-corrected chi connectivity index (χ4v) is 4.11. The Labute approximate surface area is 182 Å². The van der Waals surface area contributed by atoms with Crippen molar-refractivity contribution < 1.29 is 18.8 Å². The van der Waals surface area contributed by atoms with Crippen molar-refractivity contribution in [2.45, 2.75) is 6.04 Å². The van der Waals surface area contributed by atoms with E-state index in [1.807, 2.05) is 48.5 Å². The van der Waals surface area contributed by atoms with E-state index < -0.39 is 0 Å². The molecule has 0 spiro atoms. The van der Waals surface area contributed by atoms with Crippen LogP contribution in [0, 0.1) is 5.82 Å². The lowest BCUT2D eigenvalue weighted by atomic mass is 10.0. The van der Waals surface area contributed by atoms with E-state index in [0.717, 1.165) is 43.2 Å². The van der Waals surface area contributed by atoms with Gasteiger partial charge in [0.05, 0.1) is 33.3 Å². The molecule has 1 fully saturated rings. The van der Waals surface area contributed by atoms with E-state index >= 15 is 0 Å². The number of halogens is 1. The first kappa shape index (κ1) is 20.9. The van der Waals surface area contributed by atoms with Gasteiger partial charge in [-0.15, -0.1) is 0 Å². The summed E-state index contributed by atoms with van der Waals surface area (Å²) in [5.41, 5.74) is 2.71. The Morgan fingerprint density at radius 3 is 2.39 bits per heavy atom. The third kappa shape index (κ3) is 5.03. The molecule has 1 saturated heterocycles. The van der Waals surface area contributed by atoms with Crippen molar-refractivity contribution in [1.29, 1.82) is 0 Å². The van der Waals surface area contributed by atoms with Crippen molar-refractivity contribution in [1.82, 2.24) is 0 Å². The Kier molecular flexibility index (Phi) is 6.48. The van der Waals surface area contributed by atoms with Crippen LogP contribution in [0.3, 0.4) is 0 Å². The van der Waals surface area contributed by atoms with Gasteiger partial charge in [0.2, 0.25) is 0 Å². The number of methoxy groups -OCH3 is 1. The predicted molar refractivity (Wildman–Crippen MR) is 120 cm³/mol. The van der Waals surface area contributed by atoms with E-state index in [0.29, 0.717) is 5.69 Å². The molecular weight excluding hydrogens is 393 g/mol. The van der Waals surface area contributed by atoms with Crippen molar-refractivity contribution >= 4 is 17.3 Å². The van der Waals surface area contributed by atoms with E-state index in [2.05, 4.69) is 16.3 Å². The lowest BCUT2D eigenvalue weighted by Gasteiger charge is -2.37. The molecule has 0 saturated carbocycles. The smallest absolute Gasteiger partial charge is 0.287 e. The molecule has 5 nitrogen and oxygen atoms in total. The molecule has 1 aliphatic heterocycles. The standard InChI is InChI=1S/C25H26FN3O2/c1-31-23-9-5-8-22(18-23)28-14-16-29(17-15-28)24(19-6-3-2-4-7-19)25(30)27-21-12-10-20(26)11-13-21/h2-13,18,24H,14-17H2,1H3,(H,27,30)/p+1/t24-/m1/s1. The minimum absolute atomic E-state index is 0.0809. The van der Waals surface area contributed by atoms with Crippen molar-refractivity contribution in [3.05, 3.63) is 90.2 Å². The molecule has 4 rings (SSSR count). The van der Waals surface area contributed by atoms with Crippen LogP contribution in [0.2, 0.25) is 0 Å². The summed E-state index contributed by atoms with van der Waals surface area (Å²) in [7, 11) is 1.67. The number of ether oxygens (including phenoxy) is 1. The second kappa shape index (κ2) is 9.62. The highest BCUT2D eigenvalue weighted by molar-refractivity contribution is 5.94. The predicted octanol–water partition coefficient (Wildman–Crippen LogP) is 2.92. The largest absolute Gasteiger partial charge is 0.497 e. The SMILES string of the molecule is COc1cccc(N2CC[NH+]([C@@H](C(=O)Nc3ccc(F)cc3)c3ccccc3)CC2)c1. The number of quaternary nitrogens is 1. The molecule has 1 atom stereocenters. The van der Waals surface area contributed by atoms with Gasteiger partial charge in [-0.2, -0.15) is 0 Å². The molecule has 0 radical (unpaired) electrons. The Bertz CT molecular complexity index is 1000. The fraction of sp³-hybridized carbons (Fsp3) is 0.240. The van der Waals surface area contributed by atoms with Gasteiger partial charge in [0, 0.05) is 23.0 Å². The third-order valence-corrected chi connectivity index (χ3v) is 5.74. The van der Waals surface area contributed by atoms with E-state index in [1.165, 1.54) is 17.0 Å². The first-order valence-corrected chi connectivity index (χ1v) is 10.5. The van der Waals surface area contributed by atoms with Gasteiger partial charge in [-0.05, 0) is 36.4 Å². The van der Waals surface area contributed by atoms with Crippen molar-refractivity contribution in [3.8, 4) is 5.75 Å². The summed E-state index contributed by atoms with van der Waals surface area (Å²) in [6.45, 7) is 3.34. The quantitative estimate of drug-likeness (QED) is 0.645. The third-order valence-electron chi connectivity index (χ3n) is 5.74. The number of piperazine rings is 1. The molecule has 3 aromatic carbocycles. The summed E-state index contributed by atoms with van der Waals surface area (Å²) in [6.07, 6.45) is 0. The van der Waals surface area contributed by atoms with Crippen LogP contribution in [0.15, 0.2) is 78.9 Å². The van der Waals surface area contributed by atoms with Crippen LogP contribution in [0.1, 0.15) is 11.6 Å². The van der Waals surface area contributed by atoms with Gasteiger partial charge in [-0.25, -0.2) is 4.39 Å². The average molecular weight is 421 g/mol. The van der Waals surface area contributed by atoms with Crippen molar-refractivity contribution in [2.24, 2.45) is 0 Å². The Morgan fingerprint density at radius 2 is 1.71 bits per heavy atom. The minimum atomic E-state index is -0.335. The van der Waals surface area contributed by atoms with E-state index in [9.17, 15) is 9.18 Å². The molecule has 1 amide bonds. The van der Waals surface area contributed by atoms with Crippen LogP contribution in [0.5, 0.6) is 5.75 Å². The van der Waals surface area contributed by atoms with Gasteiger partial charge in [-0.3, -0.25) is 4.79 Å². The maximum absolute atomic E-state index is 13.3. The van der Waals surface area contributed by atoms with Crippen LogP contribution in [0.4, 0.5) is 15.8 Å². The van der Waals surface area contributed by atoms with Crippen LogP contribution >= 0.6 is 0 Å². The molecule has 2 N–H and O–H groups in total. The molecule has 1 heterocycles. The molecule has 6 heteroatoms. The molecule has 31 heavy (non-hydrogen) atoms. The van der Waals surface area contributed by atoms with Crippen LogP contribution < -0.4 is 19.9 Å². The van der Waals surface area contributed by atoms with Gasteiger partial charge >= 0.3 is 0 Å². The fourth-order valence-electron chi connectivity index (χ4n) is 4.11. The zero-order valence-electron chi connectivity index (χ0n) is 17.6. The zero-order chi connectivity index (χ0) is 21.6. The summed E-state index contributed by atoms with van der Waals surface area (Å²) in [6, 6.07) is 23.5. The summed E-state index contributed by atoms with van der Waals surface area (Å²) in [5, 5.41) is 2.97. The second-order valence-electron chi connectivity index (χ2n) is 7.69. The molecule has 1 aliphatic rings. The topological polar surface area (TPSA) is 46.0 Å². The summed E-state index contributed by atoms with van der Waals surface area (Å²) in [5.74, 6) is 0.438. The van der Waals surface area contributed by atoms with E-state index in [-0.39, 0.29) is 17.8 Å². The van der Waals surface area contributed by atoms with Crippen LogP contribution in [-0.2, 0) is 4.79 Å². The average Bonchev–Trinajstić information content (AvgIpc) is 2.82. The minimum Gasteiger partial charge on any atom is -0.497 e. The number of nitrogens with one attached hydrogen (secondary N) is 2. The Balaban J connectivity index is 1.50. The number of carbonyl (C=O) groups excluding carboxylic acids is 1. The molecule has 160 valence electrons. The van der Waals surface area contributed by atoms with Gasteiger partial charge < -0.3 is 19.9 Å². The van der Waals surface area contributed by atoms with Gasteiger partial charge in [0.15, 0.2) is 6.04 Å². The van der Waals surface area contributed by atoms with Crippen molar-refractivity contribution in [3.63, 3.8) is 0 Å². The normalized spacial score (nSPS) is 15.4. The molecular formula is C25H27FN3O2+. The number of anilines is 2. The number of benzene rings is 3. The number of hydrogen-bond donors (Lipinski definition) is 2. The number of hydrogen-bond acceptors (Lipinski definition) is 3. The highest BCUT2D eigenvalue weighted by Gasteiger charge is 2.34. The second-order valence-corrected chi connectivity index (χ2v) is 7.69. The first-order chi connectivity index (χ1) is 15.1. The number of amides is 1. The van der Waals surface area contributed by atoms with Gasteiger partial charge in [0.25, 0.3) is 5.91 Å². The van der Waals surface area contributed by atoms with Crippen LogP contribution in [0.25, 0.3) is 0 Å². The maximum atomic E-state index is 13.3. The number of nitrogens with zero attached hydrogens (tertiary/aromatic N) is 1. The lowest BCUT2D eigenvalue weighted by Crippen LogP contribution is -3.16. The Morgan fingerprint density at radius 1 is 1.00 bits per heavy atom. The summed E-state index contributed by atoms with van der Waals surface area (Å²) in [4.78, 5) is 16.8. The Hall–Kier alpha value is -3.38. The van der Waals surface area contributed by atoms with E-state index in [1.54, 1.807) is 19.2 Å². The molecule has 0 unspecified atom stereocenters. The summed E-state index contributed by atoms with van der Waals surface area (Å²) >= 11 is 0. The first-order valence-electron chi connectivity index (χ1n) is 10.5. The van der Waals surface area contributed by atoms with Gasteiger partial charge in [-0.1, -0.05) is 36.4 Å². The van der Waals surface area contributed by atoms with Gasteiger partial charge in [0.1, 0.15) is 11.6 Å². The molecule has 0 bridgehead atoms. The monoisotopic (exact) mass is 420 g/mol. The van der Waals surface area contributed by atoms with Crippen LogP contribution in [-0.4, -0.2) is 39.2 Å². The molecule has 0 aliphatic carbocycles. The maximum Gasteiger partial charge on any atom is 0.287 e. The highest BCUT2D eigenvalue weighted by atomic mass is 19.1. The molecule has 0 aromatic heterocycles. The highest BCUT2D eigenvalue weighted by Crippen LogP contribution is 2.21. The summed E-state index contributed by atoms with van der Waals surface area (Å²) < 4.78 is 18.6. The molecule has 3 aromatic rings.